The average Bonchev–Trinajstić information content (AvgIpc) is 2.91. The van der Waals surface area contributed by atoms with Crippen molar-refractivity contribution < 1.29 is 9.47 Å². The highest BCUT2D eigenvalue weighted by Crippen LogP contribution is 2.33. The maximum Gasteiger partial charge on any atom is 0.246 e. The van der Waals surface area contributed by atoms with Crippen LogP contribution in [0.4, 0.5) is 11.4 Å². The van der Waals surface area contributed by atoms with Gasteiger partial charge in [0.25, 0.3) is 0 Å². The summed E-state index contributed by atoms with van der Waals surface area (Å²) < 4.78 is 11.7. The SMILES string of the molecule is CCOC1=NCC(=N)C(CC2=CCC=C(OCC3Nc4ccccc4N3C)C=C2)S1. The van der Waals surface area contributed by atoms with E-state index in [0.29, 0.717) is 30.7 Å². The lowest BCUT2D eigenvalue weighted by molar-refractivity contribution is 0.211. The van der Waals surface area contributed by atoms with E-state index in [4.69, 9.17) is 14.9 Å². The fourth-order valence-corrected chi connectivity index (χ4v) is 4.71. The predicted octanol–water partition coefficient (Wildman–Crippen LogP) is 4.58. The van der Waals surface area contributed by atoms with E-state index < -0.39 is 0 Å². The first kappa shape index (κ1) is 20.6. The summed E-state index contributed by atoms with van der Waals surface area (Å²) >= 11 is 1.55. The molecule has 1 aromatic carbocycles. The number of nitrogens with zero attached hydrogens (tertiary/aromatic N) is 2. The third-order valence-corrected chi connectivity index (χ3v) is 6.53. The summed E-state index contributed by atoms with van der Waals surface area (Å²) in [6.45, 7) is 3.56. The number of likely N-dealkylation sites (N-methyl/N-ethyl adjacent to an activating group) is 1. The molecule has 4 rings (SSSR count). The molecule has 0 fully saturated rings. The number of para-hydroxylation sites is 2. The van der Waals surface area contributed by atoms with Crippen molar-refractivity contribution in [1.29, 1.82) is 5.41 Å². The highest BCUT2D eigenvalue weighted by Gasteiger charge is 2.26. The number of aliphatic imine (C=N–C) groups is 1. The summed E-state index contributed by atoms with van der Waals surface area (Å²) in [7, 11) is 2.08. The molecule has 2 unspecified atom stereocenters. The monoisotopic (exact) mass is 424 g/mol. The summed E-state index contributed by atoms with van der Waals surface area (Å²) in [5, 5.41) is 12.5. The third-order valence-electron chi connectivity index (χ3n) is 5.34. The zero-order valence-corrected chi connectivity index (χ0v) is 18.2. The van der Waals surface area contributed by atoms with E-state index in [0.717, 1.165) is 24.3 Å². The summed E-state index contributed by atoms with van der Waals surface area (Å²) in [5.74, 6) is 0.885. The number of benzene rings is 1. The largest absolute Gasteiger partial charge is 0.490 e. The molecule has 2 heterocycles. The van der Waals surface area contributed by atoms with Gasteiger partial charge in [0.1, 0.15) is 18.5 Å². The van der Waals surface area contributed by atoms with Crippen molar-refractivity contribution in [2.45, 2.75) is 31.2 Å². The number of anilines is 2. The molecule has 0 spiro atoms. The van der Waals surface area contributed by atoms with Crippen LogP contribution in [-0.4, -0.2) is 49.2 Å². The number of thioether (sulfide) groups is 1. The van der Waals surface area contributed by atoms with E-state index in [1.54, 1.807) is 11.8 Å². The van der Waals surface area contributed by atoms with E-state index in [-0.39, 0.29) is 11.4 Å². The Labute approximate surface area is 182 Å². The Morgan fingerprint density at radius 2 is 2.10 bits per heavy atom. The Morgan fingerprint density at radius 3 is 2.93 bits per heavy atom. The van der Waals surface area contributed by atoms with Gasteiger partial charge in [0, 0.05) is 12.8 Å². The number of fused-ring (bicyclic) bond motifs is 1. The third kappa shape index (κ3) is 4.73. The van der Waals surface area contributed by atoms with Crippen LogP contribution in [0, 0.1) is 5.41 Å². The van der Waals surface area contributed by atoms with Crippen LogP contribution >= 0.6 is 11.8 Å². The van der Waals surface area contributed by atoms with Crippen LogP contribution < -0.4 is 10.2 Å². The lowest BCUT2D eigenvalue weighted by Crippen LogP contribution is -2.36. The van der Waals surface area contributed by atoms with Crippen LogP contribution in [0.15, 0.2) is 64.9 Å². The van der Waals surface area contributed by atoms with E-state index >= 15 is 0 Å². The first-order chi connectivity index (χ1) is 14.6. The molecule has 6 nitrogen and oxygen atoms in total. The molecule has 30 heavy (non-hydrogen) atoms. The fraction of sp³-hybridized carbons (Fsp3) is 0.391. The molecule has 1 aliphatic carbocycles. The molecule has 3 aliphatic rings. The Morgan fingerprint density at radius 1 is 1.23 bits per heavy atom. The van der Waals surface area contributed by atoms with Gasteiger partial charge in [-0.25, -0.2) is 4.99 Å². The summed E-state index contributed by atoms with van der Waals surface area (Å²) in [5.41, 5.74) is 4.21. The van der Waals surface area contributed by atoms with Gasteiger partial charge in [0.2, 0.25) is 5.23 Å². The second-order valence-electron chi connectivity index (χ2n) is 7.40. The van der Waals surface area contributed by atoms with Gasteiger partial charge >= 0.3 is 0 Å². The zero-order valence-electron chi connectivity index (χ0n) is 17.4. The van der Waals surface area contributed by atoms with Gasteiger partial charge in [0.15, 0.2) is 0 Å². The van der Waals surface area contributed by atoms with Crippen molar-refractivity contribution in [1.82, 2.24) is 0 Å². The highest BCUT2D eigenvalue weighted by molar-refractivity contribution is 8.14. The molecule has 0 aromatic heterocycles. The summed E-state index contributed by atoms with van der Waals surface area (Å²) in [6, 6.07) is 8.30. The van der Waals surface area contributed by atoms with Crippen LogP contribution in [0.5, 0.6) is 0 Å². The van der Waals surface area contributed by atoms with Crippen molar-refractivity contribution in [3.63, 3.8) is 0 Å². The molecular formula is C23H28N4O2S. The van der Waals surface area contributed by atoms with Gasteiger partial charge in [-0.2, -0.15) is 0 Å². The Balaban J connectivity index is 1.30. The number of allylic oxidation sites excluding steroid dienone is 5. The quantitative estimate of drug-likeness (QED) is 0.700. The summed E-state index contributed by atoms with van der Waals surface area (Å²) in [4.78, 5) is 6.52. The molecule has 0 bridgehead atoms. The molecular weight excluding hydrogens is 396 g/mol. The zero-order chi connectivity index (χ0) is 20.9. The minimum absolute atomic E-state index is 0.0808. The van der Waals surface area contributed by atoms with Gasteiger partial charge in [-0.15, -0.1) is 0 Å². The lowest BCUT2D eigenvalue weighted by atomic mass is 10.1. The van der Waals surface area contributed by atoms with Gasteiger partial charge in [0.05, 0.1) is 29.8 Å². The number of nitrogens with one attached hydrogen (secondary N) is 2. The fourth-order valence-electron chi connectivity index (χ4n) is 3.65. The van der Waals surface area contributed by atoms with Crippen LogP contribution in [-0.2, 0) is 9.47 Å². The van der Waals surface area contributed by atoms with Crippen molar-refractivity contribution in [3.05, 3.63) is 59.9 Å². The van der Waals surface area contributed by atoms with Crippen molar-refractivity contribution in [2.24, 2.45) is 4.99 Å². The number of hydrogen-bond donors (Lipinski definition) is 2. The first-order valence-corrected chi connectivity index (χ1v) is 11.2. The van der Waals surface area contributed by atoms with Crippen LogP contribution in [0.3, 0.4) is 0 Å². The van der Waals surface area contributed by atoms with Gasteiger partial charge in [-0.3, -0.25) is 0 Å². The highest BCUT2D eigenvalue weighted by atomic mass is 32.2. The maximum atomic E-state index is 8.23. The Bertz CT molecular complexity index is 922. The smallest absolute Gasteiger partial charge is 0.246 e. The number of ether oxygens (including phenoxy) is 2. The average molecular weight is 425 g/mol. The van der Waals surface area contributed by atoms with Gasteiger partial charge < -0.3 is 25.1 Å². The maximum absolute atomic E-state index is 8.23. The minimum atomic E-state index is 0.0808. The molecule has 2 atom stereocenters. The Kier molecular flexibility index (Phi) is 6.47. The van der Waals surface area contributed by atoms with Crippen LogP contribution in [0.2, 0.25) is 0 Å². The molecule has 2 aliphatic heterocycles. The van der Waals surface area contributed by atoms with E-state index in [1.165, 1.54) is 11.3 Å². The molecule has 1 aromatic rings. The molecule has 7 heteroatoms. The lowest BCUT2D eigenvalue weighted by Gasteiger charge is -2.22. The van der Waals surface area contributed by atoms with Crippen molar-refractivity contribution in [3.8, 4) is 0 Å². The van der Waals surface area contributed by atoms with Gasteiger partial charge in [-0.1, -0.05) is 41.6 Å². The molecule has 0 saturated carbocycles. The first-order valence-electron chi connectivity index (χ1n) is 10.3. The molecule has 0 saturated heterocycles. The van der Waals surface area contributed by atoms with Crippen molar-refractivity contribution in [2.75, 3.05) is 37.0 Å². The minimum Gasteiger partial charge on any atom is -0.490 e. The van der Waals surface area contributed by atoms with Crippen molar-refractivity contribution >= 4 is 34.1 Å². The van der Waals surface area contributed by atoms with E-state index in [2.05, 4.69) is 58.7 Å². The second kappa shape index (κ2) is 9.43. The van der Waals surface area contributed by atoms with Gasteiger partial charge in [-0.05, 0) is 44.1 Å². The van der Waals surface area contributed by atoms with Crippen LogP contribution in [0.25, 0.3) is 0 Å². The molecule has 0 amide bonds. The molecule has 158 valence electrons. The number of rotatable bonds is 6. The number of hydrogen-bond acceptors (Lipinski definition) is 7. The Hall–Kier alpha value is -2.67. The van der Waals surface area contributed by atoms with E-state index in [1.807, 2.05) is 19.1 Å². The topological polar surface area (TPSA) is 69.9 Å². The predicted molar refractivity (Wildman–Crippen MR) is 126 cm³/mol. The normalized spacial score (nSPS) is 23.1. The van der Waals surface area contributed by atoms with Crippen LogP contribution in [0.1, 0.15) is 19.8 Å². The second-order valence-corrected chi connectivity index (χ2v) is 8.56. The molecule has 2 N–H and O–H groups in total. The standard InChI is InChI=1S/C23H28N4O2S/c1-3-28-23-25-14-18(24)21(30-23)13-16-7-6-8-17(12-11-16)29-15-22-26-19-9-4-5-10-20(19)27(22)2/h4-5,7-12,21-22,24,26H,3,6,13-15H2,1-2H3. The molecule has 0 radical (unpaired) electrons. The van der Waals surface area contributed by atoms with E-state index in [9.17, 15) is 0 Å². The summed E-state index contributed by atoms with van der Waals surface area (Å²) in [6.07, 6.45) is 10.2.